The molecule has 0 saturated carbocycles. The minimum absolute atomic E-state index is 0.00744. The fourth-order valence-electron chi connectivity index (χ4n) is 6.96. The summed E-state index contributed by atoms with van der Waals surface area (Å²) in [4.78, 5) is 37.5. The van der Waals surface area contributed by atoms with Crippen molar-refractivity contribution in [3.8, 4) is 11.1 Å². The molecule has 3 amide bonds. The molecule has 2 atom stereocenters. The third kappa shape index (κ3) is 7.14. The second-order valence-corrected chi connectivity index (χ2v) is 13.4. The van der Waals surface area contributed by atoms with Crippen molar-refractivity contribution in [1.82, 2.24) is 14.7 Å². The number of carbonyl (C=O) groups is 2. The summed E-state index contributed by atoms with van der Waals surface area (Å²) < 4.78 is 0. The molecule has 244 valence electrons. The lowest BCUT2D eigenvalue weighted by atomic mass is 10.0. The summed E-state index contributed by atoms with van der Waals surface area (Å²) in [6.45, 7) is 7.95. The Kier molecular flexibility index (Phi) is 9.53. The van der Waals surface area contributed by atoms with Crippen LogP contribution >= 0.6 is 0 Å². The van der Waals surface area contributed by atoms with Crippen LogP contribution in [-0.4, -0.2) is 86.0 Å². The second-order valence-electron chi connectivity index (χ2n) is 13.4. The van der Waals surface area contributed by atoms with Crippen molar-refractivity contribution in [3.63, 3.8) is 0 Å². The van der Waals surface area contributed by atoms with Gasteiger partial charge in [0.15, 0.2) is 0 Å². The van der Waals surface area contributed by atoms with Gasteiger partial charge >= 0.3 is 6.03 Å². The predicted octanol–water partition coefficient (Wildman–Crippen LogP) is 7.08. The molecule has 2 fully saturated rings. The molecule has 2 aliphatic heterocycles. The van der Waals surface area contributed by atoms with Crippen molar-refractivity contribution in [2.45, 2.75) is 45.3 Å². The van der Waals surface area contributed by atoms with Crippen LogP contribution in [0.4, 0.5) is 16.2 Å². The van der Waals surface area contributed by atoms with Gasteiger partial charge in [0.05, 0.1) is 23.5 Å². The molecule has 4 aromatic carbocycles. The van der Waals surface area contributed by atoms with Gasteiger partial charge in [-0.3, -0.25) is 4.79 Å². The van der Waals surface area contributed by atoms with Crippen LogP contribution in [0.25, 0.3) is 11.1 Å². The molecular weight excluding hydrogens is 582 g/mol. The summed E-state index contributed by atoms with van der Waals surface area (Å²) in [5.74, 6) is -0.00863. The summed E-state index contributed by atoms with van der Waals surface area (Å²) in [5, 5.41) is 0. The van der Waals surface area contributed by atoms with E-state index < -0.39 is 0 Å². The topological polar surface area (TPSA) is 50.3 Å². The first-order valence-electron chi connectivity index (χ1n) is 16.7. The summed E-state index contributed by atoms with van der Waals surface area (Å²) in [7, 11) is 5.95. The predicted molar refractivity (Wildman–Crippen MR) is 192 cm³/mol. The molecular formula is C40H47N5O2. The average Bonchev–Trinajstić information content (AvgIpc) is 3.79. The van der Waals surface area contributed by atoms with Crippen LogP contribution in [0.3, 0.4) is 0 Å². The van der Waals surface area contributed by atoms with Crippen LogP contribution < -0.4 is 9.80 Å². The molecule has 2 aliphatic rings. The Morgan fingerprint density at radius 3 is 2.02 bits per heavy atom. The van der Waals surface area contributed by atoms with Gasteiger partial charge in [-0.2, -0.15) is 0 Å². The number of hydrogen-bond acceptors (Lipinski definition) is 4. The Morgan fingerprint density at radius 2 is 1.32 bits per heavy atom. The number of hydrogen-bond donors (Lipinski definition) is 0. The normalized spacial score (nSPS) is 17.6. The fourth-order valence-corrected chi connectivity index (χ4v) is 6.96. The quantitative estimate of drug-likeness (QED) is 0.209. The van der Waals surface area contributed by atoms with Crippen LogP contribution in [0.15, 0.2) is 97.1 Å². The van der Waals surface area contributed by atoms with Gasteiger partial charge in [0, 0.05) is 59.4 Å². The summed E-state index contributed by atoms with van der Waals surface area (Å²) in [6, 6.07) is 33.6. The third-order valence-corrected chi connectivity index (χ3v) is 9.98. The van der Waals surface area contributed by atoms with Gasteiger partial charge in [0.25, 0.3) is 5.91 Å². The van der Waals surface area contributed by atoms with E-state index in [0.29, 0.717) is 18.7 Å². The highest BCUT2D eigenvalue weighted by Gasteiger charge is 2.36. The van der Waals surface area contributed by atoms with E-state index in [-0.39, 0.29) is 24.0 Å². The molecule has 0 aliphatic carbocycles. The zero-order chi connectivity index (χ0) is 33.1. The minimum Gasteiger partial charge on any atom is -0.369 e. The highest BCUT2D eigenvalue weighted by atomic mass is 16.2. The van der Waals surface area contributed by atoms with Crippen molar-refractivity contribution in [2.24, 2.45) is 0 Å². The molecule has 0 bridgehead atoms. The zero-order valence-corrected chi connectivity index (χ0v) is 28.4. The van der Waals surface area contributed by atoms with E-state index in [1.54, 1.807) is 0 Å². The van der Waals surface area contributed by atoms with E-state index in [2.05, 4.69) is 103 Å². The van der Waals surface area contributed by atoms with Crippen LogP contribution in [0.2, 0.25) is 0 Å². The maximum Gasteiger partial charge on any atom is 0.320 e. The van der Waals surface area contributed by atoms with E-state index >= 15 is 0 Å². The lowest BCUT2D eigenvalue weighted by molar-refractivity contribution is 0.0734. The molecule has 7 heteroatoms. The monoisotopic (exact) mass is 629 g/mol. The van der Waals surface area contributed by atoms with Gasteiger partial charge in [-0.15, -0.1) is 0 Å². The first-order chi connectivity index (χ1) is 22.7. The van der Waals surface area contributed by atoms with E-state index in [4.69, 9.17) is 0 Å². The Morgan fingerprint density at radius 1 is 0.702 bits per heavy atom. The molecule has 0 aromatic heterocycles. The van der Waals surface area contributed by atoms with Gasteiger partial charge in [-0.1, -0.05) is 78.4 Å². The molecule has 2 unspecified atom stereocenters. The summed E-state index contributed by atoms with van der Waals surface area (Å²) in [6.07, 6.45) is 1.70. The number of urea groups is 1. The molecule has 2 saturated heterocycles. The molecule has 7 nitrogen and oxygen atoms in total. The lowest BCUT2D eigenvalue weighted by Gasteiger charge is -2.32. The van der Waals surface area contributed by atoms with Gasteiger partial charge in [-0.05, 0) is 73.2 Å². The van der Waals surface area contributed by atoms with Crippen molar-refractivity contribution in [2.75, 3.05) is 57.1 Å². The molecule has 4 aromatic rings. The fraction of sp³-hybridized carbons (Fsp3) is 0.350. The molecule has 0 spiro atoms. The Labute approximate surface area is 280 Å². The number of aryl methyl sites for hydroxylation is 2. The first-order valence-corrected chi connectivity index (χ1v) is 16.7. The Bertz CT molecular complexity index is 1690. The smallest absolute Gasteiger partial charge is 0.320 e. The Hall–Kier alpha value is -4.78. The number of carbonyl (C=O) groups excluding carboxylic acids is 2. The number of likely N-dealkylation sites (N-methyl/N-ethyl adjacent to an activating group) is 2. The second kappa shape index (κ2) is 13.9. The molecule has 2 heterocycles. The zero-order valence-electron chi connectivity index (χ0n) is 28.4. The number of benzene rings is 4. The van der Waals surface area contributed by atoms with Crippen LogP contribution in [-0.2, 0) is 6.54 Å². The van der Waals surface area contributed by atoms with Gasteiger partial charge in [0.1, 0.15) is 0 Å². The third-order valence-electron chi connectivity index (χ3n) is 9.98. The Balaban J connectivity index is 1.05. The van der Waals surface area contributed by atoms with E-state index in [1.807, 2.05) is 53.1 Å². The van der Waals surface area contributed by atoms with Crippen molar-refractivity contribution in [1.29, 1.82) is 0 Å². The van der Waals surface area contributed by atoms with Gasteiger partial charge in [0.2, 0.25) is 0 Å². The van der Waals surface area contributed by atoms with E-state index in [1.165, 1.54) is 28.1 Å². The largest absolute Gasteiger partial charge is 0.369 e. The van der Waals surface area contributed by atoms with E-state index in [9.17, 15) is 9.59 Å². The van der Waals surface area contributed by atoms with Crippen LogP contribution in [0, 0.1) is 13.8 Å². The van der Waals surface area contributed by atoms with E-state index in [0.717, 1.165) is 43.6 Å². The number of rotatable bonds is 8. The van der Waals surface area contributed by atoms with Crippen LogP contribution in [0.5, 0.6) is 0 Å². The highest BCUT2D eigenvalue weighted by Crippen LogP contribution is 2.34. The number of likely N-dealkylation sites (tertiary alicyclic amines) is 1. The van der Waals surface area contributed by atoms with Crippen molar-refractivity contribution in [3.05, 3.63) is 119 Å². The van der Waals surface area contributed by atoms with Crippen LogP contribution in [0.1, 0.15) is 39.9 Å². The van der Waals surface area contributed by atoms with Crippen molar-refractivity contribution < 1.29 is 9.59 Å². The van der Waals surface area contributed by atoms with Gasteiger partial charge < -0.3 is 24.5 Å². The average molecular weight is 630 g/mol. The summed E-state index contributed by atoms with van der Waals surface area (Å²) >= 11 is 0. The lowest BCUT2D eigenvalue weighted by Crippen LogP contribution is -2.47. The van der Waals surface area contributed by atoms with Gasteiger partial charge in [-0.25, -0.2) is 4.79 Å². The summed E-state index contributed by atoms with van der Waals surface area (Å²) in [5.41, 5.74) is 9.06. The molecule has 47 heavy (non-hydrogen) atoms. The first kappa shape index (κ1) is 32.2. The highest BCUT2D eigenvalue weighted by molar-refractivity contribution is 5.95. The molecule has 0 N–H and O–H groups in total. The number of amides is 3. The minimum atomic E-state index is -0.00863. The standard InChI is InChI=1S/C40H47N5O2/c1-29-11-14-32(15-12-29)33-16-18-34(19-17-33)39(46)42(4)35-22-24-45(28-35)40(47)43(5)36-21-23-44(27-36)37-20-13-30(2)25-38(37)41(3)26-31-9-7-6-8-10-31/h6-20,25,35-36H,21-24,26-28H2,1-5H3. The molecule has 6 rings (SSSR count). The maximum absolute atomic E-state index is 13.7. The SMILES string of the molecule is Cc1ccc(-c2ccc(C(=O)N(C)C3CCN(C(=O)N(C)C4CCN(c5ccc(C)cc5N(C)Cc5ccccc5)C4)C3)cc2)cc1. The number of nitrogens with zero attached hydrogens (tertiary/aromatic N) is 5. The molecule has 0 radical (unpaired) electrons. The van der Waals surface area contributed by atoms with Crippen molar-refractivity contribution >= 4 is 23.3 Å². The maximum atomic E-state index is 13.7. The number of anilines is 2.